The molecule has 0 aromatic rings. The fourth-order valence-electron chi connectivity index (χ4n) is 2.57. The molecule has 1 heterocycles. The minimum absolute atomic E-state index is 0.0259. The third-order valence-corrected chi connectivity index (χ3v) is 3.92. The van der Waals surface area contributed by atoms with Crippen LogP contribution in [0.5, 0.6) is 0 Å². The van der Waals surface area contributed by atoms with E-state index in [1.165, 1.54) is 7.11 Å². The predicted octanol–water partition coefficient (Wildman–Crippen LogP) is -0.212. The molecular weight excluding hydrogens is 292 g/mol. The molecule has 1 aliphatic rings. The van der Waals surface area contributed by atoms with Crippen molar-refractivity contribution in [3.05, 3.63) is 0 Å². The molecule has 1 unspecified atom stereocenters. The van der Waals surface area contributed by atoms with Crippen LogP contribution >= 0.6 is 0 Å². The fourth-order valence-corrected chi connectivity index (χ4v) is 2.57. The summed E-state index contributed by atoms with van der Waals surface area (Å²) in [5, 5.41) is 39.2. The summed E-state index contributed by atoms with van der Waals surface area (Å²) in [5.41, 5.74) is 0. The van der Waals surface area contributed by atoms with E-state index in [0.717, 1.165) is 25.7 Å². The minimum atomic E-state index is -1.26. The zero-order valence-electron chi connectivity index (χ0n) is 13.4. The number of aliphatic hydroxyl groups is 4. The largest absolute Gasteiger partial charge is 0.394 e. The molecule has 6 atom stereocenters. The van der Waals surface area contributed by atoms with E-state index in [1.807, 2.05) is 0 Å². The second-order valence-electron chi connectivity index (χ2n) is 5.74. The summed E-state index contributed by atoms with van der Waals surface area (Å²) in [4.78, 5) is 0. The average Bonchev–Trinajstić information content (AvgIpc) is 2.52. The third-order valence-electron chi connectivity index (χ3n) is 3.92. The van der Waals surface area contributed by atoms with Gasteiger partial charge in [-0.25, -0.2) is 0 Å². The van der Waals surface area contributed by atoms with Crippen LogP contribution < -0.4 is 0 Å². The highest BCUT2D eigenvalue weighted by Gasteiger charge is 2.45. The SMILES string of the molecule is CCCCCCC(O)CO[C@H]1[C@H](O)[C@@H](O)[C@@H](OC)O[C@@H]1CO. The Bertz CT molecular complexity index is 287. The number of rotatable bonds is 10. The van der Waals surface area contributed by atoms with E-state index in [4.69, 9.17) is 14.2 Å². The van der Waals surface area contributed by atoms with Crippen LogP contribution in [0.25, 0.3) is 0 Å². The van der Waals surface area contributed by atoms with Crippen molar-refractivity contribution in [2.24, 2.45) is 0 Å². The van der Waals surface area contributed by atoms with Gasteiger partial charge in [-0.3, -0.25) is 0 Å². The van der Waals surface area contributed by atoms with Crippen molar-refractivity contribution in [1.29, 1.82) is 0 Å². The lowest BCUT2D eigenvalue weighted by molar-refractivity contribution is -0.303. The summed E-state index contributed by atoms with van der Waals surface area (Å²) in [6.07, 6.45) is -0.997. The van der Waals surface area contributed by atoms with E-state index in [9.17, 15) is 20.4 Å². The fraction of sp³-hybridized carbons (Fsp3) is 1.00. The van der Waals surface area contributed by atoms with E-state index in [0.29, 0.717) is 6.42 Å². The van der Waals surface area contributed by atoms with Crippen molar-refractivity contribution >= 4 is 0 Å². The van der Waals surface area contributed by atoms with Gasteiger partial charge in [0.2, 0.25) is 0 Å². The highest BCUT2D eigenvalue weighted by atomic mass is 16.7. The van der Waals surface area contributed by atoms with E-state index >= 15 is 0 Å². The lowest BCUT2D eigenvalue weighted by Gasteiger charge is -2.41. The van der Waals surface area contributed by atoms with Gasteiger partial charge in [-0.1, -0.05) is 32.6 Å². The van der Waals surface area contributed by atoms with Crippen molar-refractivity contribution in [3.8, 4) is 0 Å². The quantitative estimate of drug-likeness (QED) is 0.412. The predicted molar refractivity (Wildman–Crippen MR) is 79.3 cm³/mol. The van der Waals surface area contributed by atoms with Gasteiger partial charge in [0, 0.05) is 7.11 Å². The molecule has 0 spiro atoms. The van der Waals surface area contributed by atoms with Crippen molar-refractivity contribution in [1.82, 2.24) is 0 Å². The van der Waals surface area contributed by atoms with Crippen molar-refractivity contribution in [2.45, 2.75) is 75.8 Å². The Morgan fingerprint density at radius 2 is 1.86 bits per heavy atom. The second kappa shape index (κ2) is 10.5. The van der Waals surface area contributed by atoms with Crippen LogP contribution in [-0.2, 0) is 14.2 Å². The maximum Gasteiger partial charge on any atom is 0.186 e. The van der Waals surface area contributed by atoms with Crippen molar-refractivity contribution in [3.63, 3.8) is 0 Å². The standard InChI is InChI=1S/C15H30O7/c1-3-4-5-6-7-10(17)9-21-14-11(8-16)22-15(20-2)13(19)12(14)18/h10-19H,3-9H2,1-2H3/t10?,11-,12-,13-,14-,15+/m1/s1. The van der Waals surface area contributed by atoms with Gasteiger partial charge < -0.3 is 34.6 Å². The average molecular weight is 322 g/mol. The zero-order chi connectivity index (χ0) is 16.5. The Balaban J connectivity index is 2.41. The normalized spacial score (nSPS) is 33.8. The Morgan fingerprint density at radius 1 is 1.14 bits per heavy atom. The molecule has 4 N–H and O–H groups in total. The van der Waals surface area contributed by atoms with Gasteiger partial charge in [0.15, 0.2) is 6.29 Å². The molecule has 1 saturated heterocycles. The first-order valence-corrected chi connectivity index (χ1v) is 8.00. The number of methoxy groups -OCH3 is 1. The molecule has 132 valence electrons. The molecule has 7 heteroatoms. The number of hydrogen-bond donors (Lipinski definition) is 4. The van der Waals surface area contributed by atoms with Crippen LogP contribution in [0.15, 0.2) is 0 Å². The molecule has 22 heavy (non-hydrogen) atoms. The van der Waals surface area contributed by atoms with Crippen LogP contribution in [0.4, 0.5) is 0 Å². The van der Waals surface area contributed by atoms with E-state index in [1.54, 1.807) is 0 Å². The number of aliphatic hydroxyl groups excluding tert-OH is 4. The summed E-state index contributed by atoms with van der Waals surface area (Å²) in [6, 6.07) is 0. The zero-order valence-corrected chi connectivity index (χ0v) is 13.4. The molecular formula is C15H30O7. The van der Waals surface area contributed by atoms with Crippen LogP contribution in [0.2, 0.25) is 0 Å². The van der Waals surface area contributed by atoms with Gasteiger partial charge in [-0.05, 0) is 6.42 Å². The van der Waals surface area contributed by atoms with Gasteiger partial charge in [0.25, 0.3) is 0 Å². The number of hydrogen-bond acceptors (Lipinski definition) is 7. The summed E-state index contributed by atoms with van der Waals surface area (Å²) in [7, 11) is 1.34. The first-order chi connectivity index (χ1) is 10.5. The molecule has 0 aliphatic carbocycles. The number of ether oxygens (including phenoxy) is 3. The first kappa shape index (κ1) is 19.8. The maximum atomic E-state index is 10.1. The van der Waals surface area contributed by atoms with Gasteiger partial charge in [0.05, 0.1) is 19.3 Å². The summed E-state index contributed by atoms with van der Waals surface area (Å²) < 4.78 is 15.7. The van der Waals surface area contributed by atoms with Crippen LogP contribution in [0.1, 0.15) is 39.0 Å². The molecule has 1 fully saturated rings. The highest BCUT2D eigenvalue weighted by molar-refractivity contribution is 4.90. The summed E-state index contributed by atoms with van der Waals surface area (Å²) in [5.74, 6) is 0. The second-order valence-corrected chi connectivity index (χ2v) is 5.74. The van der Waals surface area contributed by atoms with Crippen molar-refractivity contribution < 1.29 is 34.6 Å². The molecule has 1 rings (SSSR count). The van der Waals surface area contributed by atoms with Crippen molar-refractivity contribution in [2.75, 3.05) is 20.3 Å². The summed E-state index contributed by atoms with van der Waals surface area (Å²) >= 11 is 0. The molecule has 1 aliphatic heterocycles. The third kappa shape index (κ3) is 5.73. The van der Waals surface area contributed by atoms with Crippen LogP contribution in [-0.4, -0.2) is 77.6 Å². The van der Waals surface area contributed by atoms with Gasteiger partial charge in [0.1, 0.15) is 24.4 Å². The molecule has 0 aromatic heterocycles. The Hall–Kier alpha value is -0.280. The molecule has 0 radical (unpaired) electrons. The van der Waals surface area contributed by atoms with Crippen LogP contribution in [0.3, 0.4) is 0 Å². The minimum Gasteiger partial charge on any atom is -0.394 e. The molecule has 0 aromatic carbocycles. The molecule has 0 saturated carbocycles. The van der Waals surface area contributed by atoms with Gasteiger partial charge >= 0.3 is 0 Å². The monoisotopic (exact) mass is 322 g/mol. The van der Waals surface area contributed by atoms with E-state index < -0.39 is 36.8 Å². The summed E-state index contributed by atoms with van der Waals surface area (Å²) in [6.45, 7) is 1.77. The Kier molecular flexibility index (Phi) is 9.42. The van der Waals surface area contributed by atoms with Gasteiger partial charge in [-0.2, -0.15) is 0 Å². The smallest absolute Gasteiger partial charge is 0.186 e. The lowest BCUT2D eigenvalue weighted by Crippen LogP contribution is -2.60. The lowest BCUT2D eigenvalue weighted by atomic mass is 9.99. The molecule has 0 amide bonds. The first-order valence-electron chi connectivity index (χ1n) is 8.00. The Morgan fingerprint density at radius 3 is 2.45 bits per heavy atom. The maximum absolute atomic E-state index is 10.1. The topological polar surface area (TPSA) is 109 Å². The van der Waals surface area contributed by atoms with E-state index in [2.05, 4.69) is 6.92 Å². The molecule has 0 bridgehead atoms. The number of unbranched alkanes of at least 4 members (excludes halogenated alkanes) is 3. The highest BCUT2D eigenvalue weighted by Crippen LogP contribution is 2.24. The van der Waals surface area contributed by atoms with E-state index in [-0.39, 0.29) is 13.2 Å². The van der Waals surface area contributed by atoms with Gasteiger partial charge in [-0.15, -0.1) is 0 Å². The molecule has 7 nitrogen and oxygen atoms in total. The van der Waals surface area contributed by atoms with Crippen LogP contribution in [0, 0.1) is 0 Å². The Labute approximate surface area is 131 Å².